The summed E-state index contributed by atoms with van der Waals surface area (Å²) in [6, 6.07) is 3.32. The molecule has 1 aromatic carbocycles. The van der Waals surface area contributed by atoms with Crippen molar-refractivity contribution in [2.45, 2.75) is 25.3 Å². The summed E-state index contributed by atoms with van der Waals surface area (Å²) < 4.78 is 0. The topological polar surface area (TPSA) is 83.8 Å². The molecule has 1 amide bonds. The molecule has 4 N–H and O–H groups in total. The highest BCUT2D eigenvalue weighted by Crippen LogP contribution is 2.31. The van der Waals surface area contributed by atoms with Gasteiger partial charge in [0.2, 0.25) is 0 Å². The number of hydrogen-bond donors (Lipinski definition) is 3. The third-order valence-corrected chi connectivity index (χ3v) is 3.93. The first-order valence-corrected chi connectivity index (χ1v) is 6.62. The summed E-state index contributed by atoms with van der Waals surface area (Å²) in [5, 5.41) is 3.90. The van der Waals surface area contributed by atoms with Crippen LogP contribution in [0.4, 0.5) is 0 Å². The van der Waals surface area contributed by atoms with Gasteiger partial charge in [0.05, 0.1) is 16.6 Å². The summed E-state index contributed by atoms with van der Waals surface area (Å²) in [5.74, 6) is 0.305. The fraction of sp³-hybridized carbons (Fsp3) is 0.385. The Kier molecular flexibility index (Phi) is 2.76. The van der Waals surface area contributed by atoms with Crippen LogP contribution in [0.15, 0.2) is 12.1 Å². The first-order valence-electron chi connectivity index (χ1n) is 6.24. The number of hydrogen-bond acceptors (Lipinski definition) is 3. The van der Waals surface area contributed by atoms with E-state index >= 15 is 0 Å². The van der Waals surface area contributed by atoms with E-state index in [0.717, 1.165) is 30.7 Å². The second kappa shape index (κ2) is 4.21. The number of halogens is 1. The second-order valence-electron chi connectivity index (χ2n) is 5.16. The lowest BCUT2D eigenvalue weighted by Gasteiger charge is -2.21. The fourth-order valence-corrected chi connectivity index (χ4v) is 2.85. The molecule has 3 rings (SSSR count). The molecule has 0 spiro atoms. The highest BCUT2D eigenvalue weighted by Gasteiger charge is 2.33. The Balaban J connectivity index is 2.20. The van der Waals surface area contributed by atoms with Gasteiger partial charge < -0.3 is 16.0 Å². The SMILES string of the molecule is CC1(c2nc3c(C(N)=O)cc(Cl)cc3[nH]2)CCCN1. The molecule has 1 unspecified atom stereocenters. The monoisotopic (exact) mass is 278 g/mol. The largest absolute Gasteiger partial charge is 0.366 e. The molecule has 2 aromatic rings. The predicted octanol–water partition coefficient (Wildman–Crippen LogP) is 1.91. The van der Waals surface area contributed by atoms with Crippen molar-refractivity contribution in [3.8, 4) is 0 Å². The Labute approximate surface area is 115 Å². The molecule has 1 aliphatic rings. The first-order chi connectivity index (χ1) is 8.99. The van der Waals surface area contributed by atoms with Gasteiger partial charge >= 0.3 is 0 Å². The number of carbonyl (C=O) groups is 1. The summed E-state index contributed by atoms with van der Waals surface area (Å²) in [7, 11) is 0. The van der Waals surface area contributed by atoms with Gasteiger partial charge in [0.15, 0.2) is 0 Å². The van der Waals surface area contributed by atoms with E-state index in [-0.39, 0.29) is 5.54 Å². The zero-order valence-corrected chi connectivity index (χ0v) is 11.3. The normalized spacial score (nSPS) is 23.1. The zero-order chi connectivity index (χ0) is 13.6. The van der Waals surface area contributed by atoms with Gasteiger partial charge in [-0.25, -0.2) is 4.98 Å². The van der Waals surface area contributed by atoms with E-state index in [1.807, 2.05) is 0 Å². The zero-order valence-electron chi connectivity index (χ0n) is 10.6. The van der Waals surface area contributed by atoms with Crippen molar-refractivity contribution in [1.82, 2.24) is 15.3 Å². The number of nitrogens with one attached hydrogen (secondary N) is 2. The van der Waals surface area contributed by atoms with E-state index in [4.69, 9.17) is 17.3 Å². The van der Waals surface area contributed by atoms with Crippen LogP contribution in [-0.4, -0.2) is 22.4 Å². The van der Waals surface area contributed by atoms with Gasteiger partial charge in [0.25, 0.3) is 5.91 Å². The van der Waals surface area contributed by atoms with Crippen molar-refractivity contribution >= 4 is 28.5 Å². The molecule has 1 fully saturated rings. The predicted molar refractivity (Wildman–Crippen MR) is 74.2 cm³/mol. The number of H-pyrrole nitrogens is 1. The molecule has 1 aromatic heterocycles. The maximum absolute atomic E-state index is 11.5. The molecule has 0 radical (unpaired) electrons. The molecule has 1 atom stereocenters. The Morgan fingerprint density at radius 3 is 2.95 bits per heavy atom. The highest BCUT2D eigenvalue weighted by molar-refractivity contribution is 6.32. The average molecular weight is 279 g/mol. The molecular formula is C13H15ClN4O. The molecule has 0 saturated carbocycles. The van der Waals surface area contributed by atoms with Gasteiger partial charge in [0.1, 0.15) is 11.3 Å². The van der Waals surface area contributed by atoms with Gasteiger partial charge in [-0.3, -0.25) is 4.79 Å². The Bertz CT molecular complexity index is 658. The Morgan fingerprint density at radius 2 is 2.32 bits per heavy atom. The lowest BCUT2D eigenvalue weighted by molar-refractivity contribution is 0.100. The lowest BCUT2D eigenvalue weighted by Crippen LogP contribution is -2.34. The molecule has 100 valence electrons. The minimum Gasteiger partial charge on any atom is -0.366 e. The summed E-state index contributed by atoms with van der Waals surface area (Å²) in [6.45, 7) is 3.07. The number of aromatic nitrogens is 2. The van der Waals surface area contributed by atoms with Crippen molar-refractivity contribution in [2.24, 2.45) is 5.73 Å². The van der Waals surface area contributed by atoms with E-state index < -0.39 is 5.91 Å². The van der Waals surface area contributed by atoms with E-state index in [0.29, 0.717) is 16.1 Å². The molecule has 0 bridgehead atoms. The second-order valence-corrected chi connectivity index (χ2v) is 5.60. The number of primary amides is 1. The third kappa shape index (κ3) is 1.99. The number of benzene rings is 1. The number of carbonyl (C=O) groups excluding carboxylic acids is 1. The van der Waals surface area contributed by atoms with E-state index in [1.165, 1.54) is 0 Å². The number of nitrogens with two attached hydrogens (primary N) is 1. The van der Waals surface area contributed by atoms with Gasteiger partial charge in [-0.2, -0.15) is 0 Å². The standard InChI is InChI=1S/C13H15ClN4O/c1-13(3-2-4-16-13)12-17-9-6-7(14)5-8(11(15)19)10(9)18-12/h5-6,16H,2-4H2,1H3,(H2,15,19)(H,17,18). The summed E-state index contributed by atoms with van der Waals surface area (Å²) in [5.41, 5.74) is 6.88. The number of amides is 1. The molecule has 5 nitrogen and oxygen atoms in total. The van der Waals surface area contributed by atoms with Gasteiger partial charge in [-0.15, -0.1) is 0 Å². The number of rotatable bonds is 2. The van der Waals surface area contributed by atoms with Gasteiger partial charge in [-0.05, 0) is 38.4 Å². The van der Waals surface area contributed by atoms with Crippen LogP contribution in [0.2, 0.25) is 5.02 Å². The average Bonchev–Trinajstić information content (AvgIpc) is 2.94. The summed E-state index contributed by atoms with van der Waals surface area (Å²) >= 11 is 6.00. The smallest absolute Gasteiger partial charge is 0.251 e. The van der Waals surface area contributed by atoms with Gasteiger partial charge in [0, 0.05) is 5.02 Å². The Morgan fingerprint density at radius 1 is 1.53 bits per heavy atom. The van der Waals surface area contributed by atoms with Crippen LogP contribution in [0, 0.1) is 0 Å². The van der Waals surface area contributed by atoms with Gasteiger partial charge in [-0.1, -0.05) is 11.6 Å². The summed E-state index contributed by atoms with van der Waals surface area (Å²) in [4.78, 5) is 19.3. The minimum atomic E-state index is -0.518. The van der Waals surface area contributed by atoms with Crippen LogP contribution < -0.4 is 11.1 Å². The van der Waals surface area contributed by atoms with Crippen molar-refractivity contribution < 1.29 is 4.79 Å². The maximum atomic E-state index is 11.5. The quantitative estimate of drug-likeness (QED) is 0.785. The first kappa shape index (κ1) is 12.4. The fourth-order valence-electron chi connectivity index (χ4n) is 2.63. The van der Waals surface area contributed by atoms with E-state index in [2.05, 4.69) is 22.2 Å². The summed E-state index contributed by atoms with van der Waals surface area (Å²) in [6.07, 6.45) is 2.11. The van der Waals surface area contributed by atoms with Crippen molar-refractivity contribution in [3.63, 3.8) is 0 Å². The molecule has 1 aliphatic heterocycles. The molecule has 1 saturated heterocycles. The van der Waals surface area contributed by atoms with Crippen molar-refractivity contribution in [1.29, 1.82) is 0 Å². The molecule has 6 heteroatoms. The minimum absolute atomic E-state index is 0.180. The lowest BCUT2D eigenvalue weighted by atomic mass is 10.00. The number of imidazole rings is 1. The molecule has 2 heterocycles. The molecular weight excluding hydrogens is 264 g/mol. The van der Waals surface area contributed by atoms with Crippen LogP contribution in [0.25, 0.3) is 11.0 Å². The van der Waals surface area contributed by atoms with Crippen LogP contribution in [0.5, 0.6) is 0 Å². The maximum Gasteiger partial charge on any atom is 0.251 e. The highest BCUT2D eigenvalue weighted by atomic mass is 35.5. The molecule has 0 aliphatic carbocycles. The van der Waals surface area contributed by atoms with E-state index in [1.54, 1.807) is 12.1 Å². The van der Waals surface area contributed by atoms with Crippen LogP contribution in [-0.2, 0) is 5.54 Å². The van der Waals surface area contributed by atoms with Crippen molar-refractivity contribution in [2.75, 3.05) is 6.54 Å². The number of nitrogens with zero attached hydrogens (tertiary/aromatic N) is 1. The van der Waals surface area contributed by atoms with Crippen molar-refractivity contribution in [3.05, 3.63) is 28.5 Å². The van der Waals surface area contributed by atoms with E-state index in [9.17, 15) is 4.79 Å². The van der Waals surface area contributed by atoms with Crippen LogP contribution >= 0.6 is 11.6 Å². The van der Waals surface area contributed by atoms with Crippen LogP contribution in [0.1, 0.15) is 35.9 Å². The Hall–Kier alpha value is -1.59. The van der Waals surface area contributed by atoms with Crippen LogP contribution in [0.3, 0.4) is 0 Å². The number of fused-ring (bicyclic) bond motifs is 1. The molecule has 19 heavy (non-hydrogen) atoms. The third-order valence-electron chi connectivity index (χ3n) is 3.71. The number of aromatic amines is 1.